The van der Waals surface area contributed by atoms with Gasteiger partial charge in [0.05, 0.1) is 17.5 Å². The van der Waals surface area contributed by atoms with Crippen LogP contribution in [0.15, 0.2) is 24.4 Å². The van der Waals surface area contributed by atoms with Crippen molar-refractivity contribution in [2.45, 2.75) is 19.6 Å². The third-order valence-electron chi connectivity index (χ3n) is 2.54. The van der Waals surface area contributed by atoms with Crippen LogP contribution in [0.25, 0.3) is 11.3 Å². The van der Waals surface area contributed by atoms with Crippen molar-refractivity contribution in [2.75, 3.05) is 0 Å². The minimum absolute atomic E-state index is 0.291. The van der Waals surface area contributed by atoms with Crippen LogP contribution in [0.3, 0.4) is 0 Å². The van der Waals surface area contributed by atoms with Crippen molar-refractivity contribution in [3.05, 3.63) is 41.8 Å². The van der Waals surface area contributed by atoms with Crippen molar-refractivity contribution >= 4 is 8.07 Å². The monoisotopic (exact) mass is 271 g/mol. The number of hydrogen-bond acceptors (Lipinski definition) is 1. The molecule has 0 unspecified atom stereocenters. The lowest BCUT2D eigenvalue weighted by atomic mass is 10.1. The molecule has 1 heterocycles. The molecule has 0 amide bonds. The van der Waals surface area contributed by atoms with E-state index in [4.69, 9.17) is 0 Å². The zero-order valence-electron chi connectivity index (χ0n) is 11.6. The van der Waals surface area contributed by atoms with Crippen LogP contribution in [0.2, 0.25) is 19.6 Å². The van der Waals surface area contributed by atoms with Crippen LogP contribution in [0.1, 0.15) is 5.56 Å². The molecule has 4 heteroatoms. The predicted octanol–water partition coefficient (Wildman–Crippen LogP) is 3.26. The van der Waals surface area contributed by atoms with E-state index in [-0.39, 0.29) is 5.82 Å². The highest BCUT2D eigenvalue weighted by Gasteiger charge is 2.12. The summed E-state index contributed by atoms with van der Waals surface area (Å²) in [6.07, 6.45) is 1.75. The van der Waals surface area contributed by atoms with Crippen molar-refractivity contribution in [2.24, 2.45) is 7.05 Å². The van der Waals surface area contributed by atoms with Gasteiger partial charge >= 0.3 is 0 Å². The predicted molar refractivity (Wildman–Crippen MR) is 77.7 cm³/mol. The summed E-state index contributed by atoms with van der Waals surface area (Å²) in [5, 5.41) is 4.23. The largest absolute Gasteiger partial charge is 0.267 e. The van der Waals surface area contributed by atoms with Gasteiger partial charge in [-0.3, -0.25) is 4.68 Å². The van der Waals surface area contributed by atoms with Crippen LogP contribution in [0, 0.1) is 23.3 Å². The van der Waals surface area contributed by atoms with Crippen LogP contribution < -0.4 is 0 Å². The standard InChI is InChI=1S/C15H16FN2Si/c1-18-15(12-5-7-14(16)8-6-12)13(11-17-18)9-10-19(2,3)4/h5,7-8,11H,1-4H3. The molecule has 2 aromatic rings. The molecule has 2 nitrogen and oxygen atoms in total. The topological polar surface area (TPSA) is 17.8 Å². The third-order valence-corrected chi connectivity index (χ3v) is 3.42. The minimum atomic E-state index is -1.43. The van der Waals surface area contributed by atoms with Gasteiger partial charge in [0.1, 0.15) is 13.9 Å². The number of nitrogens with zero attached hydrogens (tertiary/aromatic N) is 2. The summed E-state index contributed by atoms with van der Waals surface area (Å²) in [7, 11) is 0.421. The van der Waals surface area contributed by atoms with Gasteiger partial charge in [-0.2, -0.15) is 5.10 Å². The average molecular weight is 271 g/mol. The first-order chi connectivity index (χ1) is 8.87. The van der Waals surface area contributed by atoms with Gasteiger partial charge in [0.15, 0.2) is 0 Å². The first-order valence-electron chi connectivity index (χ1n) is 6.09. The minimum Gasteiger partial charge on any atom is -0.267 e. The molecule has 0 spiro atoms. The van der Waals surface area contributed by atoms with Gasteiger partial charge in [0, 0.05) is 12.6 Å². The lowest BCUT2D eigenvalue weighted by Crippen LogP contribution is -2.16. The lowest BCUT2D eigenvalue weighted by molar-refractivity contribution is 0.627. The highest BCUT2D eigenvalue weighted by Crippen LogP contribution is 2.22. The first kappa shape index (κ1) is 13.6. The molecule has 1 aromatic heterocycles. The lowest BCUT2D eigenvalue weighted by Gasteiger charge is -2.05. The molecule has 0 saturated heterocycles. The fourth-order valence-corrected chi connectivity index (χ4v) is 2.17. The Balaban J connectivity index is 2.48. The molecule has 0 fully saturated rings. The zero-order valence-corrected chi connectivity index (χ0v) is 12.6. The Labute approximate surface area is 114 Å². The maximum absolute atomic E-state index is 13.0. The SMILES string of the molecule is Cn1ncc(C#C[Si](C)(C)C)c1-c1[c]cc(F)cc1. The smallest absolute Gasteiger partial charge is 0.129 e. The summed E-state index contributed by atoms with van der Waals surface area (Å²) in [6, 6.07) is 7.38. The zero-order chi connectivity index (χ0) is 14.0. The molecule has 0 aliphatic rings. The molecular formula is C15H16FN2Si. The fourth-order valence-electron chi connectivity index (χ4n) is 1.66. The molecule has 19 heavy (non-hydrogen) atoms. The Kier molecular flexibility index (Phi) is 3.58. The Bertz CT molecular complexity index is 640. The Hall–Kier alpha value is -1.86. The van der Waals surface area contributed by atoms with Gasteiger partial charge < -0.3 is 0 Å². The van der Waals surface area contributed by atoms with Gasteiger partial charge in [-0.05, 0) is 24.3 Å². The molecule has 2 rings (SSSR count). The number of rotatable bonds is 1. The fraction of sp³-hybridized carbons (Fsp3) is 0.267. The van der Waals surface area contributed by atoms with Crippen molar-refractivity contribution < 1.29 is 4.39 Å². The van der Waals surface area contributed by atoms with Crippen LogP contribution >= 0.6 is 0 Å². The average Bonchev–Trinajstić information content (AvgIpc) is 2.68. The summed E-state index contributed by atoms with van der Waals surface area (Å²) in [6.45, 7) is 6.58. The van der Waals surface area contributed by atoms with Crippen molar-refractivity contribution in [3.8, 4) is 22.7 Å². The van der Waals surface area contributed by atoms with E-state index >= 15 is 0 Å². The van der Waals surface area contributed by atoms with Crippen molar-refractivity contribution in [1.82, 2.24) is 9.78 Å². The second-order valence-electron chi connectivity index (χ2n) is 5.45. The molecule has 0 atom stereocenters. The number of aromatic nitrogens is 2. The molecule has 0 N–H and O–H groups in total. The normalized spacial score (nSPS) is 11.0. The van der Waals surface area contributed by atoms with E-state index in [1.54, 1.807) is 16.9 Å². The summed E-state index contributed by atoms with van der Waals surface area (Å²) < 4.78 is 14.7. The molecule has 0 saturated carbocycles. The maximum Gasteiger partial charge on any atom is 0.129 e. The number of halogens is 1. The Morgan fingerprint density at radius 1 is 1.32 bits per heavy atom. The van der Waals surface area contributed by atoms with E-state index in [0.717, 1.165) is 16.8 Å². The number of aryl methyl sites for hydroxylation is 1. The maximum atomic E-state index is 13.0. The van der Waals surface area contributed by atoms with Gasteiger partial charge in [-0.15, -0.1) is 5.54 Å². The second-order valence-corrected chi connectivity index (χ2v) is 10.2. The highest BCUT2D eigenvalue weighted by atomic mass is 28.3. The van der Waals surface area contributed by atoms with E-state index in [0.29, 0.717) is 0 Å². The molecule has 0 aliphatic heterocycles. The molecule has 1 aromatic carbocycles. The van der Waals surface area contributed by atoms with E-state index in [2.05, 4.69) is 42.3 Å². The van der Waals surface area contributed by atoms with Gasteiger partial charge in [-0.1, -0.05) is 25.6 Å². The van der Waals surface area contributed by atoms with Gasteiger partial charge in [-0.25, -0.2) is 4.39 Å². The summed E-state index contributed by atoms with van der Waals surface area (Å²) in [5.41, 5.74) is 5.88. The van der Waals surface area contributed by atoms with Gasteiger partial charge in [0.2, 0.25) is 0 Å². The summed E-state index contributed by atoms with van der Waals surface area (Å²) in [5.74, 6) is 2.91. The molecule has 0 aliphatic carbocycles. The molecular weight excluding hydrogens is 255 g/mol. The third kappa shape index (κ3) is 3.33. The number of hydrogen-bond donors (Lipinski definition) is 0. The second kappa shape index (κ2) is 5.02. The summed E-state index contributed by atoms with van der Waals surface area (Å²) in [4.78, 5) is 0. The van der Waals surface area contributed by atoms with Crippen molar-refractivity contribution in [1.29, 1.82) is 0 Å². The van der Waals surface area contributed by atoms with E-state index in [9.17, 15) is 4.39 Å². The highest BCUT2D eigenvalue weighted by molar-refractivity contribution is 6.83. The molecule has 0 bridgehead atoms. The van der Waals surface area contributed by atoms with Crippen LogP contribution in [0.4, 0.5) is 4.39 Å². The van der Waals surface area contributed by atoms with Crippen LogP contribution in [-0.4, -0.2) is 17.9 Å². The number of benzene rings is 1. The quantitative estimate of drug-likeness (QED) is 0.575. The van der Waals surface area contributed by atoms with E-state index in [1.807, 2.05) is 7.05 Å². The van der Waals surface area contributed by atoms with E-state index in [1.165, 1.54) is 12.1 Å². The van der Waals surface area contributed by atoms with Crippen molar-refractivity contribution in [3.63, 3.8) is 0 Å². The summed E-state index contributed by atoms with van der Waals surface area (Å²) >= 11 is 0. The Morgan fingerprint density at radius 3 is 2.63 bits per heavy atom. The molecule has 97 valence electrons. The van der Waals surface area contributed by atoms with Gasteiger partial charge in [0.25, 0.3) is 0 Å². The molecule has 1 radical (unpaired) electrons. The van der Waals surface area contributed by atoms with E-state index < -0.39 is 8.07 Å². The van der Waals surface area contributed by atoms with Crippen LogP contribution in [0.5, 0.6) is 0 Å². The Morgan fingerprint density at radius 2 is 2.05 bits per heavy atom. The van der Waals surface area contributed by atoms with Crippen LogP contribution in [-0.2, 0) is 7.05 Å². The first-order valence-corrected chi connectivity index (χ1v) is 9.59.